The number of piperidine rings is 1. The van der Waals surface area contributed by atoms with Crippen LogP contribution in [0, 0.1) is 11.3 Å². The third kappa shape index (κ3) is 6.80. The minimum atomic E-state index is 0. The molecule has 1 saturated heterocycles. The van der Waals surface area contributed by atoms with Crippen molar-refractivity contribution in [2.24, 2.45) is 16.3 Å². The van der Waals surface area contributed by atoms with Crippen LogP contribution < -0.4 is 10.6 Å². The monoisotopic (exact) mass is 534 g/mol. The van der Waals surface area contributed by atoms with Gasteiger partial charge in [-0.15, -0.1) is 35.3 Å². The van der Waals surface area contributed by atoms with Crippen LogP contribution in [0.1, 0.15) is 55.9 Å². The van der Waals surface area contributed by atoms with Crippen molar-refractivity contribution in [3.05, 3.63) is 22.4 Å². The van der Waals surface area contributed by atoms with Gasteiger partial charge in [-0.3, -0.25) is 9.89 Å². The zero-order valence-corrected chi connectivity index (χ0v) is 21.4. The molecule has 1 aromatic rings. The smallest absolute Gasteiger partial charge is 0.191 e. The van der Waals surface area contributed by atoms with Gasteiger partial charge in [0.1, 0.15) is 0 Å². The summed E-state index contributed by atoms with van der Waals surface area (Å²) in [7, 11) is 5.96. The van der Waals surface area contributed by atoms with Gasteiger partial charge in [0, 0.05) is 44.8 Å². The number of nitrogens with one attached hydrogen (secondary N) is 2. The molecular weight excluding hydrogens is 495 g/mol. The molecule has 0 aromatic carbocycles. The fourth-order valence-electron chi connectivity index (χ4n) is 5.06. The van der Waals surface area contributed by atoms with E-state index in [2.05, 4.69) is 45.1 Å². The number of nitrogens with zero attached hydrogens (tertiary/aromatic N) is 2. The van der Waals surface area contributed by atoms with Crippen molar-refractivity contribution in [3.8, 4) is 0 Å². The third-order valence-corrected chi connectivity index (χ3v) is 7.67. The van der Waals surface area contributed by atoms with Crippen molar-refractivity contribution in [1.29, 1.82) is 0 Å². The Morgan fingerprint density at radius 2 is 2.10 bits per heavy atom. The highest BCUT2D eigenvalue weighted by Crippen LogP contribution is 2.40. The molecule has 1 aliphatic carbocycles. The minimum Gasteiger partial charge on any atom is -0.385 e. The molecule has 0 spiro atoms. The highest BCUT2D eigenvalue weighted by molar-refractivity contribution is 14.0. The SMILES string of the molecule is CN=C(NCC1CCCN(C)C1c1cccs1)NCC1(CCOC)CCCC1.I. The molecule has 7 heteroatoms. The van der Waals surface area contributed by atoms with Gasteiger partial charge in [0.2, 0.25) is 0 Å². The lowest BCUT2D eigenvalue weighted by atomic mass is 9.83. The van der Waals surface area contributed by atoms with Crippen molar-refractivity contribution in [3.63, 3.8) is 0 Å². The van der Waals surface area contributed by atoms with E-state index in [9.17, 15) is 0 Å². The van der Waals surface area contributed by atoms with Crippen molar-refractivity contribution < 1.29 is 4.74 Å². The van der Waals surface area contributed by atoms with E-state index in [1.54, 1.807) is 0 Å². The fraction of sp³-hybridized carbons (Fsp3) is 0.773. The predicted molar refractivity (Wildman–Crippen MR) is 135 cm³/mol. The molecule has 0 bridgehead atoms. The number of rotatable bonds is 8. The number of hydrogen-bond donors (Lipinski definition) is 2. The minimum absolute atomic E-state index is 0. The first-order valence-electron chi connectivity index (χ1n) is 10.8. The number of methoxy groups -OCH3 is 1. The average molecular weight is 535 g/mol. The van der Waals surface area contributed by atoms with E-state index < -0.39 is 0 Å². The normalized spacial score (nSPS) is 24.9. The molecule has 1 aliphatic heterocycles. The van der Waals surface area contributed by atoms with E-state index in [-0.39, 0.29) is 24.0 Å². The highest BCUT2D eigenvalue weighted by atomic mass is 127. The Labute approximate surface area is 198 Å². The quantitative estimate of drug-likeness (QED) is 0.293. The number of halogens is 1. The van der Waals surface area contributed by atoms with Gasteiger partial charge in [0.25, 0.3) is 0 Å². The van der Waals surface area contributed by atoms with Crippen LogP contribution in [0.15, 0.2) is 22.5 Å². The van der Waals surface area contributed by atoms with Crippen LogP contribution in [0.3, 0.4) is 0 Å². The van der Waals surface area contributed by atoms with Gasteiger partial charge < -0.3 is 15.4 Å². The highest BCUT2D eigenvalue weighted by Gasteiger charge is 2.34. The molecule has 2 unspecified atom stereocenters. The van der Waals surface area contributed by atoms with E-state index >= 15 is 0 Å². The van der Waals surface area contributed by atoms with E-state index in [1.165, 1.54) is 49.9 Å². The lowest BCUT2D eigenvalue weighted by Gasteiger charge is -2.39. The summed E-state index contributed by atoms with van der Waals surface area (Å²) in [4.78, 5) is 8.52. The topological polar surface area (TPSA) is 48.9 Å². The number of thiophene rings is 1. The number of guanidine groups is 1. The molecule has 2 heterocycles. The van der Waals surface area contributed by atoms with Gasteiger partial charge in [-0.1, -0.05) is 18.9 Å². The molecule has 1 aromatic heterocycles. The first kappa shape index (κ1) is 24.9. The molecule has 166 valence electrons. The summed E-state index contributed by atoms with van der Waals surface area (Å²) in [6, 6.07) is 4.98. The van der Waals surface area contributed by atoms with Crippen LogP contribution in [-0.4, -0.2) is 58.3 Å². The van der Waals surface area contributed by atoms with Crippen molar-refractivity contribution in [2.75, 3.05) is 47.4 Å². The second-order valence-corrected chi connectivity index (χ2v) is 9.58. The molecule has 0 amide bonds. The van der Waals surface area contributed by atoms with Gasteiger partial charge in [-0.05, 0) is 68.5 Å². The Balaban J connectivity index is 0.00000300. The molecular formula is C22H39IN4OS. The van der Waals surface area contributed by atoms with Crippen molar-refractivity contribution >= 4 is 41.3 Å². The Morgan fingerprint density at radius 3 is 2.76 bits per heavy atom. The fourth-order valence-corrected chi connectivity index (χ4v) is 6.04. The zero-order valence-electron chi connectivity index (χ0n) is 18.3. The molecule has 2 fully saturated rings. The van der Waals surface area contributed by atoms with Crippen LogP contribution in [-0.2, 0) is 4.74 Å². The standard InChI is InChI=1S/C22H38N4OS.HI/c1-23-21(25-17-22(12-14-27-3)10-4-5-11-22)24-16-18-8-6-13-26(2)20(18)19-9-7-15-28-19;/h7,9,15,18,20H,4-6,8,10-14,16-17H2,1-3H3,(H2,23,24,25);1H. The van der Waals surface area contributed by atoms with E-state index in [4.69, 9.17) is 4.74 Å². The van der Waals surface area contributed by atoms with Crippen LogP contribution in [0.2, 0.25) is 0 Å². The molecule has 2 aliphatic rings. The Hall–Kier alpha value is -0.380. The first-order valence-corrected chi connectivity index (χ1v) is 11.7. The summed E-state index contributed by atoms with van der Waals surface area (Å²) in [5.74, 6) is 1.56. The summed E-state index contributed by atoms with van der Waals surface area (Å²) in [5.41, 5.74) is 0.373. The summed E-state index contributed by atoms with van der Waals surface area (Å²) >= 11 is 1.88. The van der Waals surface area contributed by atoms with E-state index in [0.29, 0.717) is 17.4 Å². The number of ether oxygens (including phenoxy) is 1. The molecule has 1 saturated carbocycles. The lowest BCUT2D eigenvalue weighted by molar-refractivity contribution is 0.125. The molecule has 0 radical (unpaired) electrons. The van der Waals surface area contributed by atoms with Gasteiger partial charge >= 0.3 is 0 Å². The first-order chi connectivity index (χ1) is 13.7. The van der Waals surface area contributed by atoms with Gasteiger partial charge in [0.05, 0.1) is 0 Å². The maximum absolute atomic E-state index is 5.37. The second kappa shape index (κ2) is 12.5. The molecule has 5 nitrogen and oxygen atoms in total. The lowest BCUT2D eigenvalue weighted by Crippen LogP contribution is -2.47. The summed E-state index contributed by atoms with van der Waals surface area (Å²) in [6.45, 7) is 4.01. The van der Waals surface area contributed by atoms with Crippen LogP contribution >= 0.6 is 35.3 Å². The second-order valence-electron chi connectivity index (χ2n) is 8.60. The maximum atomic E-state index is 5.37. The van der Waals surface area contributed by atoms with Crippen LogP contribution in [0.5, 0.6) is 0 Å². The van der Waals surface area contributed by atoms with Gasteiger partial charge in [0.15, 0.2) is 5.96 Å². The summed E-state index contributed by atoms with van der Waals surface area (Å²) in [6.07, 6.45) is 8.97. The Morgan fingerprint density at radius 1 is 1.31 bits per heavy atom. The van der Waals surface area contributed by atoms with Gasteiger partial charge in [-0.25, -0.2) is 0 Å². The van der Waals surface area contributed by atoms with E-state index in [1.807, 2.05) is 25.5 Å². The third-order valence-electron chi connectivity index (χ3n) is 6.73. The van der Waals surface area contributed by atoms with E-state index in [0.717, 1.165) is 32.1 Å². The molecule has 2 N–H and O–H groups in total. The van der Waals surface area contributed by atoms with Crippen LogP contribution in [0.25, 0.3) is 0 Å². The predicted octanol–water partition coefficient (Wildman–Crippen LogP) is 4.51. The zero-order chi connectivity index (χ0) is 19.8. The summed E-state index contributed by atoms with van der Waals surface area (Å²) in [5, 5.41) is 9.47. The summed E-state index contributed by atoms with van der Waals surface area (Å²) < 4.78 is 5.37. The Kier molecular flexibility index (Phi) is 10.7. The average Bonchev–Trinajstić information content (AvgIpc) is 3.39. The van der Waals surface area contributed by atoms with Crippen LogP contribution in [0.4, 0.5) is 0 Å². The maximum Gasteiger partial charge on any atom is 0.191 e. The molecule has 29 heavy (non-hydrogen) atoms. The number of likely N-dealkylation sites (tertiary alicyclic amines) is 1. The largest absolute Gasteiger partial charge is 0.385 e. The van der Waals surface area contributed by atoms with Gasteiger partial charge in [-0.2, -0.15) is 0 Å². The number of hydrogen-bond acceptors (Lipinski definition) is 4. The van der Waals surface area contributed by atoms with Crippen molar-refractivity contribution in [2.45, 2.75) is 51.0 Å². The molecule has 2 atom stereocenters. The Bertz CT molecular complexity index is 604. The number of aliphatic imine (C=N–C) groups is 1. The van der Waals surface area contributed by atoms with Crippen molar-refractivity contribution in [1.82, 2.24) is 15.5 Å². The molecule has 3 rings (SSSR count).